The SMILES string of the molecule is CC(C(=O)c1ccc(F)c(F)c1)N(C)CCC#N. The Balaban J connectivity index is 2.80. The monoisotopic (exact) mass is 252 g/mol. The van der Waals surface area contributed by atoms with Crippen molar-refractivity contribution in [2.45, 2.75) is 19.4 Å². The van der Waals surface area contributed by atoms with Gasteiger partial charge in [-0.2, -0.15) is 5.26 Å². The van der Waals surface area contributed by atoms with Crippen LogP contribution in [-0.2, 0) is 0 Å². The predicted octanol–water partition coefficient (Wildman–Crippen LogP) is 2.38. The average Bonchev–Trinajstić information content (AvgIpc) is 2.37. The molecule has 0 saturated carbocycles. The largest absolute Gasteiger partial charge is 0.296 e. The fourth-order valence-corrected chi connectivity index (χ4v) is 1.51. The van der Waals surface area contributed by atoms with Crippen LogP contribution in [-0.4, -0.2) is 30.3 Å². The van der Waals surface area contributed by atoms with Crippen LogP contribution in [0, 0.1) is 23.0 Å². The number of carbonyl (C=O) groups excluding carboxylic acids is 1. The van der Waals surface area contributed by atoms with Crippen molar-refractivity contribution in [1.82, 2.24) is 4.90 Å². The summed E-state index contributed by atoms with van der Waals surface area (Å²) in [5, 5.41) is 8.47. The summed E-state index contributed by atoms with van der Waals surface area (Å²) in [6.45, 7) is 2.12. The fourth-order valence-electron chi connectivity index (χ4n) is 1.51. The predicted molar refractivity (Wildman–Crippen MR) is 63.0 cm³/mol. The lowest BCUT2D eigenvalue weighted by molar-refractivity contribution is 0.0870. The van der Waals surface area contributed by atoms with Crippen LogP contribution >= 0.6 is 0 Å². The molecule has 0 aliphatic carbocycles. The second-order valence-electron chi connectivity index (χ2n) is 4.06. The van der Waals surface area contributed by atoms with Crippen LogP contribution in [0.3, 0.4) is 0 Å². The number of hydrogen-bond donors (Lipinski definition) is 0. The number of hydrogen-bond acceptors (Lipinski definition) is 3. The van der Waals surface area contributed by atoms with Gasteiger partial charge in [0.05, 0.1) is 12.1 Å². The Morgan fingerprint density at radius 1 is 1.44 bits per heavy atom. The lowest BCUT2D eigenvalue weighted by Gasteiger charge is -2.22. The molecule has 1 rings (SSSR count). The van der Waals surface area contributed by atoms with Crippen LogP contribution in [0.25, 0.3) is 0 Å². The maximum absolute atomic E-state index is 13.0. The van der Waals surface area contributed by atoms with Gasteiger partial charge >= 0.3 is 0 Å². The first-order valence-corrected chi connectivity index (χ1v) is 5.53. The van der Waals surface area contributed by atoms with Crippen molar-refractivity contribution < 1.29 is 13.6 Å². The fraction of sp³-hybridized carbons (Fsp3) is 0.385. The molecule has 0 aliphatic heterocycles. The summed E-state index contributed by atoms with van der Waals surface area (Å²) >= 11 is 0. The normalized spacial score (nSPS) is 12.2. The van der Waals surface area contributed by atoms with Crippen LogP contribution in [0.5, 0.6) is 0 Å². The van der Waals surface area contributed by atoms with Crippen molar-refractivity contribution in [3.63, 3.8) is 0 Å². The number of nitrogens with zero attached hydrogens (tertiary/aromatic N) is 2. The van der Waals surface area contributed by atoms with E-state index in [0.29, 0.717) is 13.0 Å². The number of halogens is 2. The standard InChI is InChI=1S/C13H14F2N2O/c1-9(17(2)7-3-6-16)13(18)10-4-5-11(14)12(15)8-10/h4-5,8-9H,3,7H2,1-2H3. The van der Waals surface area contributed by atoms with Crippen molar-refractivity contribution in [2.24, 2.45) is 0 Å². The zero-order valence-corrected chi connectivity index (χ0v) is 10.3. The molecule has 0 aliphatic rings. The molecule has 1 atom stereocenters. The molecule has 0 radical (unpaired) electrons. The molecule has 0 heterocycles. The van der Waals surface area contributed by atoms with Crippen LogP contribution in [0.4, 0.5) is 8.78 Å². The number of carbonyl (C=O) groups is 1. The minimum Gasteiger partial charge on any atom is -0.296 e. The molecule has 3 nitrogen and oxygen atoms in total. The maximum atomic E-state index is 13.0. The first-order valence-electron chi connectivity index (χ1n) is 5.53. The highest BCUT2D eigenvalue weighted by atomic mass is 19.2. The zero-order chi connectivity index (χ0) is 13.7. The molecule has 0 N–H and O–H groups in total. The van der Waals surface area contributed by atoms with Gasteiger partial charge in [-0.25, -0.2) is 8.78 Å². The summed E-state index contributed by atoms with van der Waals surface area (Å²) < 4.78 is 25.8. The summed E-state index contributed by atoms with van der Waals surface area (Å²) in [5.74, 6) is -2.31. The third kappa shape index (κ3) is 3.34. The van der Waals surface area contributed by atoms with Crippen molar-refractivity contribution in [3.05, 3.63) is 35.4 Å². The summed E-state index contributed by atoms with van der Waals surface area (Å²) in [5.41, 5.74) is 0.130. The van der Waals surface area contributed by atoms with Crippen LogP contribution in [0.2, 0.25) is 0 Å². The molecule has 0 fully saturated rings. The second-order valence-corrected chi connectivity index (χ2v) is 4.06. The van der Waals surface area contributed by atoms with E-state index < -0.39 is 17.7 Å². The van der Waals surface area contributed by atoms with Crippen LogP contribution < -0.4 is 0 Å². The molecule has 0 bridgehead atoms. The molecule has 0 aromatic heterocycles. The van der Waals surface area contributed by atoms with Crippen molar-refractivity contribution in [3.8, 4) is 6.07 Å². The van der Waals surface area contributed by atoms with E-state index in [1.54, 1.807) is 18.9 Å². The Kier molecular flexibility index (Phi) is 4.93. The zero-order valence-electron chi connectivity index (χ0n) is 10.3. The highest BCUT2D eigenvalue weighted by molar-refractivity contribution is 5.99. The highest BCUT2D eigenvalue weighted by Crippen LogP contribution is 2.12. The number of benzene rings is 1. The highest BCUT2D eigenvalue weighted by Gasteiger charge is 2.20. The van der Waals surface area contributed by atoms with Crippen LogP contribution in [0.15, 0.2) is 18.2 Å². The van der Waals surface area contributed by atoms with Gasteiger partial charge in [0.25, 0.3) is 0 Å². The quantitative estimate of drug-likeness (QED) is 0.756. The minimum atomic E-state index is -1.03. The Labute approximate surface area is 105 Å². The number of Topliss-reactive ketones (excluding diaryl/α,β-unsaturated/α-hetero) is 1. The average molecular weight is 252 g/mol. The molecule has 1 aromatic carbocycles. The summed E-state index contributed by atoms with van der Waals surface area (Å²) in [6, 6.07) is 4.59. The van der Waals surface area contributed by atoms with E-state index in [1.807, 2.05) is 6.07 Å². The van der Waals surface area contributed by atoms with Crippen molar-refractivity contribution in [1.29, 1.82) is 5.26 Å². The van der Waals surface area contributed by atoms with E-state index >= 15 is 0 Å². The molecule has 1 unspecified atom stereocenters. The Bertz CT molecular complexity index is 482. The topological polar surface area (TPSA) is 44.1 Å². The van der Waals surface area contributed by atoms with Gasteiger partial charge in [0.1, 0.15) is 0 Å². The van der Waals surface area contributed by atoms with E-state index in [0.717, 1.165) is 12.1 Å². The number of rotatable bonds is 5. The summed E-state index contributed by atoms with van der Waals surface area (Å²) in [4.78, 5) is 13.7. The number of ketones is 1. The molecule has 18 heavy (non-hydrogen) atoms. The summed E-state index contributed by atoms with van der Waals surface area (Å²) in [6.07, 6.45) is 0.311. The maximum Gasteiger partial charge on any atom is 0.179 e. The first kappa shape index (κ1) is 14.3. The molecule has 1 aromatic rings. The van der Waals surface area contributed by atoms with Gasteiger partial charge in [-0.3, -0.25) is 9.69 Å². The first-order chi connectivity index (χ1) is 8.47. The summed E-state index contributed by atoms with van der Waals surface area (Å²) in [7, 11) is 1.71. The molecule has 0 spiro atoms. The van der Waals surface area contributed by atoms with Gasteiger partial charge in [0.2, 0.25) is 0 Å². The molecular weight excluding hydrogens is 238 g/mol. The van der Waals surface area contributed by atoms with E-state index in [2.05, 4.69) is 0 Å². The van der Waals surface area contributed by atoms with Gasteiger partial charge in [-0.15, -0.1) is 0 Å². The Hall–Kier alpha value is -1.80. The minimum absolute atomic E-state index is 0.130. The molecular formula is C13H14F2N2O. The smallest absolute Gasteiger partial charge is 0.179 e. The number of nitriles is 1. The van der Waals surface area contributed by atoms with E-state index in [-0.39, 0.29) is 11.3 Å². The second kappa shape index (κ2) is 6.22. The Morgan fingerprint density at radius 2 is 2.11 bits per heavy atom. The van der Waals surface area contributed by atoms with Crippen LogP contribution in [0.1, 0.15) is 23.7 Å². The lowest BCUT2D eigenvalue weighted by atomic mass is 10.0. The van der Waals surface area contributed by atoms with Crippen molar-refractivity contribution >= 4 is 5.78 Å². The van der Waals surface area contributed by atoms with E-state index in [9.17, 15) is 13.6 Å². The van der Waals surface area contributed by atoms with Gasteiger partial charge < -0.3 is 0 Å². The molecule has 5 heteroatoms. The number of likely N-dealkylation sites (N-methyl/N-ethyl adjacent to an activating group) is 1. The Morgan fingerprint density at radius 3 is 2.67 bits per heavy atom. The molecule has 96 valence electrons. The van der Waals surface area contributed by atoms with Gasteiger partial charge in [0.15, 0.2) is 17.4 Å². The third-order valence-electron chi connectivity index (χ3n) is 2.82. The molecule has 0 amide bonds. The van der Waals surface area contributed by atoms with Gasteiger partial charge in [0, 0.05) is 18.5 Å². The lowest BCUT2D eigenvalue weighted by Crippen LogP contribution is -2.36. The van der Waals surface area contributed by atoms with Gasteiger partial charge in [-0.05, 0) is 32.2 Å². The third-order valence-corrected chi connectivity index (χ3v) is 2.82. The van der Waals surface area contributed by atoms with Crippen molar-refractivity contribution in [2.75, 3.05) is 13.6 Å². The van der Waals surface area contributed by atoms with E-state index in [4.69, 9.17) is 5.26 Å². The molecule has 0 saturated heterocycles. The van der Waals surface area contributed by atoms with E-state index in [1.165, 1.54) is 6.07 Å². The van der Waals surface area contributed by atoms with Gasteiger partial charge in [-0.1, -0.05) is 0 Å².